The van der Waals surface area contributed by atoms with Gasteiger partial charge in [-0.2, -0.15) is 0 Å². The minimum absolute atomic E-state index is 0.151. The van der Waals surface area contributed by atoms with Crippen molar-refractivity contribution in [3.8, 4) is 0 Å². The first-order valence-corrected chi connectivity index (χ1v) is 7.57. The number of anilines is 2. The quantitative estimate of drug-likeness (QED) is 0.378. The van der Waals surface area contributed by atoms with Crippen LogP contribution < -0.4 is 22.5 Å². The van der Waals surface area contributed by atoms with Crippen LogP contribution in [0.1, 0.15) is 20.7 Å². The van der Waals surface area contributed by atoms with Crippen molar-refractivity contribution in [2.75, 3.05) is 11.1 Å². The Balaban J connectivity index is 1.66. The summed E-state index contributed by atoms with van der Waals surface area (Å²) in [4.78, 5) is 40.5. The third-order valence-electron chi connectivity index (χ3n) is 4.02. The highest BCUT2D eigenvalue weighted by Gasteiger charge is 2.16. The summed E-state index contributed by atoms with van der Waals surface area (Å²) in [5.74, 6) is -1.44. The number of nitrogen functional groups attached to an aromatic ring is 1. The van der Waals surface area contributed by atoms with E-state index in [1.165, 1.54) is 0 Å². The molecule has 2 aromatic carbocycles. The zero-order valence-corrected chi connectivity index (χ0v) is 13.3. The molecule has 9 nitrogen and oxygen atoms in total. The van der Waals surface area contributed by atoms with Gasteiger partial charge in [0.2, 0.25) is 0 Å². The van der Waals surface area contributed by atoms with Gasteiger partial charge in [-0.25, -0.2) is 4.79 Å². The standard InChI is InChI=1S/C17H13N5O4/c18-14-13(15(19)23)9-3-1-7(5-11(9)21-14)16(24)20-8-2-4-10-12(6-8)26-17(25)22-10/h1-6,21H,18H2,(H2,19,23)(H,20,24)(H,22,25). The van der Waals surface area contributed by atoms with E-state index in [9.17, 15) is 14.4 Å². The second-order valence-electron chi connectivity index (χ2n) is 5.72. The second kappa shape index (κ2) is 5.52. The molecule has 2 aromatic heterocycles. The first-order valence-electron chi connectivity index (χ1n) is 7.57. The number of carbonyl (C=O) groups excluding carboxylic acids is 2. The van der Waals surface area contributed by atoms with Crippen molar-refractivity contribution in [1.82, 2.24) is 9.97 Å². The van der Waals surface area contributed by atoms with Crippen LogP contribution in [-0.2, 0) is 0 Å². The van der Waals surface area contributed by atoms with E-state index in [1.54, 1.807) is 36.4 Å². The van der Waals surface area contributed by atoms with Gasteiger partial charge in [0, 0.05) is 28.2 Å². The lowest BCUT2D eigenvalue weighted by atomic mass is 10.1. The molecule has 0 saturated carbocycles. The number of nitrogens with one attached hydrogen (secondary N) is 3. The van der Waals surface area contributed by atoms with Gasteiger partial charge in [-0.1, -0.05) is 6.07 Å². The summed E-state index contributed by atoms with van der Waals surface area (Å²) in [6.07, 6.45) is 0. The number of hydrogen-bond acceptors (Lipinski definition) is 5. The van der Waals surface area contributed by atoms with Crippen LogP contribution in [-0.4, -0.2) is 21.8 Å². The van der Waals surface area contributed by atoms with Gasteiger partial charge in [-0.15, -0.1) is 0 Å². The van der Waals surface area contributed by atoms with Gasteiger partial charge in [0.15, 0.2) is 5.58 Å². The Bertz CT molecular complexity index is 1250. The van der Waals surface area contributed by atoms with E-state index in [2.05, 4.69) is 15.3 Å². The largest absolute Gasteiger partial charge is 0.417 e. The predicted molar refractivity (Wildman–Crippen MR) is 96.0 cm³/mol. The molecule has 0 radical (unpaired) electrons. The average Bonchev–Trinajstić information content (AvgIpc) is 3.11. The maximum atomic E-state index is 12.5. The van der Waals surface area contributed by atoms with E-state index in [0.29, 0.717) is 33.3 Å². The first kappa shape index (κ1) is 15.5. The fraction of sp³-hybridized carbons (Fsp3) is 0. The summed E-state index contributed by atoms with van der Waals surface area (Å²) in [6, 6.07) is 9.55. The SMILES string of the molecule is NC(=O)c1c(N)[nH]c2cc(C(=O)Nc3ccc4[nH]c(=O)oc4c3)ccc12. The van der Waals surface area contributed by atoms with Crippen LogP contribution >= 0.6 is 0 Å². The summed E-state index contributed by atoms with van der Waals surface area (Å²) >= 11 is 0. The van der Waals surface area contributed by atoms with Crippen LogP contribution in [0.3, 0.4) is 0 Å². The summed E-state index contributed by atoms with van der Waals surface area (Å²) in [6.45, 7) is 0. The first-order chi connectivity index (χ1) is 12.4. The van der Waals surface area contributed by atoms with E-state index < -0.39 is 11.7 Å². The number of nitrogens with two attached hydrogens (primary N) is 2. The number of aromatic amines is 2. The monoisotopic (exact) mass is 351 g/mol. The molecule has 7 N–H and O–H groups in total. The van der Waals surface area contributed by atoms with Crippen LogP contribution in [0, 0.1) is 0 Å². The van der Waals surface area contributed by atoms with Crippen molar-refractivity contribution in [3.05, 3.63) is 58.1 Å². The topological polar surface area (TPSA) is 160 Å². The van der Waals surface area contributed by atoms with Crippen molar-refractivity contribution in [2.24, 2.45) is 5.73 Å². The summed E-state index contributed by atoms with van der Waals surface area (Å²) < 4.78 is 4.97. The predicted octanol–water partition coefficient (Wildman–Crippen LogP) is 1.54. The molecule has 2 amide bonds. The molecular weight excluding hydrogens is 338 g/mol. The van der Waals surface area contributed by atoms with E-state index in [4.69, 9.17) is 15.9 Å². The van der Waals surface area contributed by atoms with Gasteiger partial charge in [-0.05, 0) is 24.3 Å². The summed E-state index contributed by atoms with van der Waals surface area (Å²) in [7, 11) is 0. The number of oxazole rings is 1. The van der Waals surface area contributed by atoms with Gasteiger partial charge in [0.05, 0.1) is 11.1 Å². The fourth-order valence-electron chi connectivity index (χ4n) is 2.85. The van der Waals surface area contributed by atoms with Crippen molar-refractivity contribution in [1.29, 1.82) is 0 Å². The maximum absolute atomic E-state index is 12.5. The molecule has 0 aliphatic rings. The Morgan fingerprint density at radius 2 is 1.85 bits per heavy atom. The van der Waals surface area contributed by atoms with Crippen molar-refractivity contribution < 1.29 is 14.0 Å². The van der Waals surface area contributed by atoms with E-state index in [0.717, 1.165) is 0 Å². The highest BCUT2D eigenvalue weighted by Crippen LogP contribution is 2.25. The Morgan fingerprint density at radius 1 is 1.04 bits per heavy atom. The van der Waals surface area contributed by atoms with Gasteiger partial charge >= 0.3 is 5.76 Å². The highest BCUT2D eigenvalue weighted by atomic mass is 16.4. The van der Waals surface area contributed by atoms with E-state index in [-0.39, 0.29) is 17.3 Å². The molecule has 4 aromatic rings. The molecule has 0 fully saturated rings. The lowest BCUT2D eigenvalue weighted by Crippen LogP contribution is -2.13. The molecule has 0 spiro atoms. The number of amides is 2. The van der Waals surface area contributed by atoms with Crippen LogP contribution in [0.4, 0.5) is 11.5 Å². The number of carbonyl (C=O) groups is 2. The third kappa shape index (κ3) is 2.47. The molecule has 0 aliphatic heterocycles. The number of hydrogen-bond donors (Lipinski definition) is 5. The summed E-state index contributed by atoms with van der Waals surface area (Å²) in [5.41, 5.74) is 13.5. The molecule has 130 valence electrons. The zero-order chi connectivity index (χ0) is 18.4. The van der Waals surface area contributed by atoms with Gasteiger partial charge in [-0.3, -0.25) is 14.6 Å². The maximum Gasteiger partial charge on any atom is 0.417 e. The lowest BCUT2D eigenvalue weighted by molar-refractivity contribution is 0.1000. The Kier molecular flexibility index (Phi) is 3.29. The minimum atomic E-state index is -0.646. The normalized spacial score (nSPS) is 11.1. The number of rotatable bonds is 3. The van der Waals surface area contributed by atoms with Crippen LogP contribution in [0.25, 0.3) is 22.0 Å². The smallest absolute Gasteiger partial charge is 0.408 e. The molecule has 4 rings (SSSR count). The van der Waals surface area contributed by atoms with Crippen molar-refractivity contribution >= 4 is 45.3 Å². The van der Waals surface area contributed by atoms with Crippen molar-refractivity contribution in [2.45, 2.75) is 0 Å². The molecular formula is C17H13N5O4. The van der Waals surface area contributed by atoms with Crippen LogP contribution in [0.5, 0.6) is 0 Å². The molecule has 2 heterocycles. The second-order valence-corrected chi connectivity index (χ2v) is 5.72. The van der Waals surface area contributed by atoms with Crippen LogP contribution in [0.15, 0.2) is 45.6 Å². The van der Waals surface area contributed by atoms with E-state index in [1.807, 2.05) is 0 Å². The third-order valence-corrected chi connectivity index (χ3v) is 4.02. The number of aromatic nitrogens is 2. The molecule has 0 unspecified atom stereocenters. The number of H-pyrrole nitrogens is 2. The Hall–Kier alpha value is -4.01. The molecule has 26 heavy (non-hydrogen) atoms. The van der Waals surface area contributed by atoms with Crippen LogP contribution in [0.2, 0.25) is 0 Å². The number of benzene rings is 2. The van der Waals surface area contributed by atoms with Gasteiger partial charge < -0.3 is 26.2 Å². The van der Waals surface area contributed by atoms with Gasteiger partial charge in [0.25, 0.3) is 11.8 Å². The average molecular weight is 351 g/mol. The van der Waals surface area contributed by atoms with E-state index >= 15 is 0 Å². The van der Waals surface area contributed by atoms with Gasteiger partial charge in [0.1, 0.15) is 5.82 Å². The number of primary amides is 1. The zero-order valence-electron chi connectivity index (χ0n) is 13.3. The Morgan fingerprint density at radius 3 is 2.62 bits per heavy atom. The number of fused-ring (bicyclic) bond motifs is 2. The molecule has 0 bridgehead atoms. The highest BCUT2D eigenvalue weighted by molar-refractivity contribution is 6.13. The molecule has 0 saturated heterocycles. The molecule has 0 atom stereocenters. The minimum Gasteiger partial charge on any atom is -0.408 e. The molecule has 9 heteroatoms. The molecule has 0 aliphatic carbocycles. The van der Waals surface area contributed by atoms with Crippen molar-refractivity contribution in [3.63, 3.8) is 0 Å². The lowest BCUT2D eigenvalue weighted by Gasteiger charge is -2.05. The fourth-order valence-corrected chi connectivity index (χ4v) is 2.85. The Labute approximate surface area is 145 Å². The summed E-state index contributed by atoms with van der Waals surface area (Å²) in [5, 5.41) is 3.26.